The summed E-state index contributed by atoms with van der Waals surface area (Å²) >= 11 is 1.38. The number of aliphatic carboxylic acids is 1. The molecule has 2 amide bonds. The van der Waals surface area contributed by atoms with Gasteiger partial charge in [0.15, 0.2) is 5.13 Å². The molecule has 0 saturated heterocycles. The Bertz CT molecular complexity index is 508. The van der Waals surface area contributed by atoms with E-state index in [2.05, 4.69) is 15.6 Å². The fraction of sp³-hybridized carbons (Fsp3) is 0.583. The van der Waals surface area contributed by atoms with Crippen LogP contribution in [0.5, 0.6) is 0 Å². The van der Waals surface area contributed by atoms with E-state index in [1.807, 2.05) is 5.38 Å². The number of hydrogen-bond acceptors (Lipinski definition) is 4. The van der Waals surface area contributed by atoms with Crippen LogP contribution in [0.1, 0.15) is 37.3 Å². The van der Waals surface area contributed by atoms with Gasteiger partial charge in [0, 0.05) is 11.3 Å². The van der Waals surface area contributed by atoms with E-state index in [9.17, 15) is 9.59 Å². The number of nitrogens with zero attached hydrogens (tertiary/aromatic N) is 1. The molecule has 1 unspecified atom stereocenters. The van der Waals surface area contributed by atoms with Gasteiger partial charge in [-0.05, 0) is 31.6 Å². The average Bonchev–Trinajstić information content (AvgIpc) is 3.26. The lowest BCUT2D eigenvalue weighted by Gasteiger charge is -2.13. The fourth-order valence-corrected chi connectivity index (χ4v) is 2.78. The zero-order valence-corrected chi connectivity index (χ0v) is 11.1. The van der Waals surface area contributed by atoms with Gasteiger partial charge in [-0.25, -0.2) is 14.6 Å². The molecule has 1 heterocycles. The molecular formula is C12H15N3O3S. The summed E-state index contributed by atoms with van der Waals surface area (Å²) in [5.74, 6) is -0.356. The van der Waals surface area contributed by atoms with Gasteiger partial charge in [0.05, 0.1) is 5.69 Å². The number of nitrogens with one attached hydrogen (secondary N) is 2. The molecule has 1 aromatic rings. The van der Waals surface area contributed by atoms with Crippen molar-refractivity contribution in [1.82, 2.24) is 10.3 Å². The number of aromatic nitrogens is 1. The lowest BCUT2D eigenvalue weighted by molar-refractivity contribution is -0.139. The summed E-state index contributed by atoms with van der Waals surface area (Å²) in [5.41, 5.74) is 1.03. The maximum Gasteiger partial charge on any atom is 0.326 e. The van der Waals surface area contributed by atoms with Crippen molar-refractivity contribution in [2.24, 2.45) is 5.92 Å². The normalized spacial score (nSPS) is 19.8. The fourth-order valence-electron chi connectivity index (χ4n) is 2.00. The highest BCUT2D eigenvalue weighted by Gasteiger charge is 2.37. The van der Waals surface area contributed by atoms with Gasteiger partial charge in [0.1, 0.15) is 6.04 Å². The molecule has 0 spiro atoms. The zero-order valence-electron chi connectivity index (χ0n) is 10.3. The highest BCUT2D eigenvalue weighted by molar-refractivity contribution is 7.13. The van der Waals surface area contributed by atoms with Crippen LogP contribution in [0.25, 0.3) is 0 Å². The first-order valence-electron chi connectivity index (χ1n) is 6.39. The van der Waals surface area contributed by atoms with Crippen molar-refractivity contribution in [2.75, 3.05) is 5.32 Å². The molecule has 2 fully saturated rings. The maximum atomic E-state index is 11.7. The van der Waals surface area contributed by atoms with E-state index in [0.29, 0.717) is 11.0 Å². The SMILES string of the molecule is O=C(Nc1nc(C2CC2)cs1)NC(C(=O)O)C1CC1. The third kappa shape index (κ3) is 3.04. The number of carboxylic acid groups (broad SMARTS) is 1. The summed E-state index contributed by atoms with van der Waals surface area (Å²) in [4.78, 5) is 27.1. The maximum absolute atomic E-state index is 11.7. The van der Waals surface area contributed by atoms with Crippen molar-refractivity contribution in [3.05, 3.63) is 11.1 Å². The Morgan fingerprint density at radius 2 is 2.11 bits per heavy atom. The van der Waals surface area contributed by atoms with Crippen molar-refractivity contribution in [3.63, 3.8) is 0 Å². The Hall–Kier alpha value is -1.63. The van der Waals surface area contributed by atoms with E-state index in [-0.39, 0.29) is 5.92 Å². The second-order valence-corrected chi connectivity index (χ2v) is 5.96. The number of anilines is 1. The minimum atomic E-state index is -0.976. The topological polar surface area (TPSA) is 91.3 Å². The lowest BCUT2D eigenvalue weighted by atomic mass is 10.2. The van der Waals surface area contributed by atoms with E-state index >= 15 is 0 Å². The molecule has 2 saturated carbocycles. The van der Waals surface area contributed by atoms with Gasteiger partial charge in [-0.2, -0.15) is 0 Å². The quantitative estimate of drug-likeness (QED) is 0.770. The summed E-state index contributed by atoms with van der Waals surface area (Å²) in [6.45, 7) is 0. The molecule has 0 aromatic carbocycles. The molecule has 3 N–H and O–H groups in total. The number of thiazole rings is 1. The van der Waals surface area contributed by atoms with Gasteiger partial charge in [-0.1, -0.05) is 0 Å². The summed E-state index contributed by atoms with van der Waals surface area (Å²) in [6, 6.07) is -1.28. The summed E-state index contributed by atoms with van der Waals surface area (Å²) in [6.07, 6.45) is 4.05. The van der Waals surface area contributed by atoms with Gasteiger partial charge < -0.3 is 10.4 Å². The molecule has 2 aliphatic carbocycles. The summed E-state index contributed by atoms with van der Waals surface area (Å²) in [5, 5.41) is 16.6. The van der Waals surface area contributed by atoms with Crippen molar-refractivity contribution in [1.29, 1.82) is 0 Å². The number of carbonyl (C=O) groups is 2. The third-order valence-corrected chi connectivity index (χ3v) is 4.16. The van der Waals surface area contributed by atoms with Crippen LogP contribution in [0.15, 0.2) is 5.38 Å². The molecule has 0 bridgehead atoms. The van der Waals surface area contributed by atoms with Crippen LogP contribution in [0.3, 0.4) is 0 Å². The molecule has 1 atom stereocenters. The molecule has 0 radical (unpaired) electrons. The van der Waals surface area contributed by atoms with Gasteiger partial charge >= 0.3 is 12.0 Å². The van der Waals surface area contributed by atoms with Crippen LogP contribution in [-0.2, 0) is 4.79 Å². The second kappa shape index (κ2) is 4.80. The van der Waals surface area contributed by atoms with E-state index < -0.39 is 18.0 Å². The van der Waals surface area contributed by atoms with Gasteiger partial charge in [0.25, 0.3) is 0 Å². The molecule has 3 rings (SSSR count). The van der Waals surface area contributed by atoms with Crippen molar-refractivity contribution < 1.29 is 14.7 Å². The van der Waals surface area contributed by atoms with Crippen molar-refractivity contribution >= 4 is 28.5 Å². The Balaban J connectivity index is 1.55. The van der Waals surface area contributed by atoms with Crippen LogP contribution in [0.4, 0.5) is 9.93 Å². The van der Waals surface area contributed by atoms with Crippen LogP contribution >= 0.6 is 11.3 Å². The first kappa shape index (κ1) is 12.4. The van der Waals surface area contributed by atoms with Crippen LogP contribution in [0, 0.1) is 5.92 Å². The van der Waals surface area contributed by atoms with E-state index in [1.54, 1.807) is 0 Å². The van der Waals surface area contributed by atoms with E-state index in [0.717, 1.165) is 31.4 Å². The first-order valence-corrected chi connectivity index (χ1v) is 7.27. The Kier molecular flexibility index (Phi) is 3.14. The van der Waals surface area contributed by atoms with Gasteiger partial charge in [0.2, 0.25) is 0 Å². The molecule has 1 aromatic heterocycles. The smallest absolute Gasteiger partial charge is 0.326 e. The highest BCUT2D eigenvalue weighted by atomic mass is 32.1. The van der Waals surface area contributed by atoms with Crippen LogP contribution < -0.4 is 10.6 Å². The Morgan fingerprint density at radius 3 is 2.68 bits per heavy atom. The van der Waals surface area contributed by atoms with Crippen LogP contribution in [0.2, 0.25) is 0 Å². The predicted molar refractivity (Wildman–Crippen MR) is 70.4 cm³/mol. The largest absolute Gasteiger partial charge is 0.480 e. The number of carboxylic acids is 1. The zero-order chi connectivity index (χ0) is 13.4. The molecule has 102 valence electrons. The first-order chi connectivity index (χ1) is 9.13. The van der Waals surface area contributed by atoms with E-state index in [1.165, 1.54) is 11.3 Å². The van der Waals surface area contributed by atoms with Gasteiger partial charge in [-0.15, -0.1) is 11.3 Å². The summed E-state index contributed by atoms with van der Waals surface area (Å²) < 4.78 is 0. The van der Waals surface area contributed by atoms with E-state index in [4.69, 9.17) is 5.11 Å². The molecule has 6 nitrogen and oxygen atoms in total. The monoisotopic (exact) mass is 281 g/mol. The lowest BCUT2D eigenvalue weighted by Crippen LogP contribution is -2.44. The molecule has 7 heteroatoms. The number of hydrogen-bond donors (Lipinski definition) is 3. The molecular weight excluding hydrogens is 266 g/mol. The Labute approximate surface area is 114 Å². The Morgan fingerprint density at radius 1 is 1.37 bits per heavy atom. The summed E-state index contributed by atoms with van der Waals surface area (Å²) in [7, 11) is 0. The molecule has 2 aliphatic rings. The second-order valence-electron chi connectivity index (χ2n) is 5.10. The predicted octanol–water partition coefficient (Wildman–Crippen LogP) is 2.01. The third-order valence-electron chi connectivity index (χ3n) is 3.38. The number of urea groups is 1. The van der Waals surface area contributed by atoms with Crippen molar-refractivity contribution in [2.45, 2.75) is 37.6 Å². The minimum absolute atomic E-state index is 0.0709. The minimum Gasteiger partial charge on any atom is -0.480 e. The number of carbonyl (C=O) groups excluding carboxylic acids is 1. The van der Waals surface area contributed by atoms with Crippen molar-refractivity contribution in [3.8, 4) is 0 Å². The van der Waals surface area contributed by atoms with Gasteiger partial charge in [-0.3, -0.25) is 5.32 Å². The molecule has 19 heavy (non-hydrogen) atoms. The standard InChI is InChI=1S/C12H15N3O3S/c16-10(17)9(7-3-4-7)14-11(18)15-12-13-8(5-19-12)6-1-2-6/h5-7,9H,1-4H2,(H,16,17)(H2,13,14,15,18). The number of rotatable bonds is 5. The average molecular weight is 281 g/mol. The number of amides is 2. The molecule has 0 aliphatic heterocycles. The van der Waals surface area contributed by atoms with Crippen LogP contribution in [-0.4, -0.2) is 28.1 Å². The highest BCUT2D eigenvalue weighted by Crippen LogP contribution is 2.40.